The normalized spacial score (nSPS) is 13.3. The standard InChI is InChI=1S/C18H22N2O4/c1-13(20(2)17(21)12-23-18(19)22)14-7-6-10-16(11-14)24-15-8-4-3-5-9-15/h3-11,13,17,21H,12H2,1-2H3,(H2,19,22). The average Bonchev–Trinajstić information content (AvgIpc) is 2.59. The molecule has 0 saturated carbocycles. The van der Waals surface area contributed by atoms with Gasteiger partial charge < -0.3 is 20.3 Å². The van der Waals surface area contributed by atoms with E-state index >= 15 is 0 Å². The molecule has 0 aliphatic rings. The van der Waals surface area contributed by atoms with Crippen LogP contribution in [0.15, 0.2) is 54.6 Å². The molecule has 2 aromatic carbocycles. The minimum Gasteiger partial charge on any atom is -0.457 e. The van der Waals surface area contributed by atoms with Crippen LogP contribution in [0, 0.1) is 0 Å². The van der Waals surface area contributed by atoms with Crippen LogP contribution in [0.5, 0.6) is 11.5 Å². The van der Waals surface area contributed by atoms with Crippen LogP contribution in [-0.4, -0.2) is 36.0 Å². The third kappa shape index (κ3) is 4.97. The summed E-state index contributed by atoms with van der Waals surface area (Å²) in [6, 6.07) is 17.0. The van der Waals surface area contributed by atoms with Crippen LogP contribution in [0.2, 0.25) is 0 Å². The van der Waals surface area contributed by atoms with E-state index in [0.717, 1.165) is 11.3 Å². The van der Waals surface area contributed by atoms with Crippen molar-refractivity contribution in [2.24, 2.45) is 5.73 Å². The quantitative estimate of drug-likeness (QED) is 0.763. The fourth-order valence-electron chi connectivity index (χ4n) is 2.23. The summed E-state index contributed by atoms with van der Waals surface area (Å²) in [5.74, 6) is 1.47. The third-order valence-corrected chi connectivity index (χ3v) is 3.78. The Morgan fingerprint density at radius 1 is 1.17 bits per heavy atom. The van der Waals surface area contributed by atoms with Crippen LogP contribution in [0.1, 0.15) is 18.5 Å². The molecular formula is C18H22N2O4. The Morgan fingerprint density at radius 3 is 2.50 bits per heavy atom. The summed E-state index contributed by atoms with van der Waals surface area (Å²) < 4.78 is 10.5. The second kappa shape index (κ2) is 8.33. The lowest BCUT2D eigenvalue weighted by Crippen LogP contribution is -2.38. The van der Waals surface area contributed by atoms with Gasteiger partial charge in [-0.1, -0.05) is 30.3 Å². The molecule has 1 amide bonds. The predicted octanol–water partition coefficient (Wildman–Crippen LogP) is 2.89. The van der Waals surface area contributed by atoms with Crippen molar-refractivity contribution in [2.75, 3.05) is 13.7 Å². The smallest absolute Gasteiger partial charge is 0.404 e. The number of nitrogens with zero attached hydrogens (tertiary/aromatic N) is 1. The van der Waals surface area contributed by atoms with Gasteiger partial charge in [-0.3, -0.25) is 4.90 Å². The Hall–Kier alpha value is -2.57. The van der Waals surface area contributed by atoms with Crippen LogP contribution >= 0.6 is 0 Å². The number of hydrogen-bond donors (Lipinski definition) is 2. The molecule has 2 aromatic rings. The molecule has 128 valence electrons. The summed E-state index contributed by atoms with van der Waals surface area (Å²) in [5, 5.41) is 10.1. The topological polar surface area (TPSA) is 85.0 Å². The Bertz CT molecular complexity index is 663. The number of carbonyl (C=O) groups is 1. The molecule has 0 spiro atoms. The number of primary amides is 1. The van der Waals surface area contributed by atoms with Crippen LogP contribution in [0.4, 0.5) is 4.79 Å². The zero-order chi connectivity index (χ0) is 17.5. The van der Waals surface area contributed by atoms with Gasteiger partial charge >= 0.3 is 6.09 Å². The van der Waals surface area contributed by atoms with Crippen molar-refractivity contribution in [3.63, 3.8) is 0 Å². The lowest BCUT2D eigenvalue weighted by molar-refractivity contribution is -0.0425. The first-order valence-corrected chi connectivity index (χ1v) is 7.62. The van der Waals surface area contributed by atoms with Crippen LogP contribution < -0.4 is 10.5 Å². The van der Waals surface area contributed by atoms with Crippen molar-refractivity contribution in [3.05, 3.63) is 60.2 Å². The first-order valence-electron chi connectivity index (χ1n) is 7.62. The Balaban J connectivity index is 2.05. The largest absolute Gasteiger partial charge is 0.457 e. The van der Waals surface area contributed by atoms with E-state index in [1.165, 1.54) is 0 Å². The number of rotatable bonds is 7. The fourth-order valence-corrected chi connectivity index (χ4v) is 2.23. The van der Waals surface area contributed by atoms with E-state index in [2.05, 4.69) is 4.74 Å². The molecule has 0 aliphatic carbocycles. The Kier molecular flexibility index (Phi) is 6.17. The van der Waals surface area contributed by atoms with Crippen LogP contribution in [0.3, 0.4) is 0 Å². The summed E-state index contributed by atoms with van der Waals surface area (Å²) in [5.41, 5.74) is 5.88. The maximum absolute atomic E-state index is 10.6. The molecule has 3 N–H and O–H groups in total. The average molecular weight is 330 g/mol. The molecule has 0 bridgehead atoms. The van der Waals surface area contributed by atoms with Crippen molar-refractivity contribution < 1.29 is 19.4 Å². The van der Waals surface area contributed by atoms with Gasteiger partial charge in [0, 0.05) is 6.04 Å². The van der Waals surface area contributed by atoms with Gasteiger partial charge in [0.2, 0.25) is 0 Å². The van der Waals surface area contributed by atoms with Crippen molar-refractivity contribution in [2.45, 2.75) is 19.2 Å². The van der Waals surface area contributed by atoms with E-state index in [0.29, 0.717) is 5.75 Å². The Labute approximate surface area is 141 Å². The minimum atomic E-state index is -0.953. The first kappa shape index (κ1) is 17.8. The molecule has 6 nitrogen and oxygen atoms in total. The van der Waals surface area contributed by atoms with Gasteiger partial charge in [-0.15, -0.1) is 0 Å². The molecule has 2 unspecified atom stereocenters. The van der Waals surface area contributed by atoms with E-state index in [-0.39, 0.29) is 12.6 Å². The van der Waals surface area contributed by atoms with Crippen LogP contribution in [0.25, 0.3) is 0 Å². The van der Waals surface area contributed by atoms with Crippen molar-refractivity contribution in [1.82, 2.24) is 4.90 Å². The van der Waals surface area contributed by atoms with Crippen LogP contribution in [-0.2, 0) is 4.74 Å². The van der Waals surface area contributed by atoms with Crippen molar-refractivity contribution in [1.29, 1.82) is 0 Å². The van der Waals surface area contributed by atoms with Gasteiger partial charge in [-0.2, -0.15) is 0 Å². The Morgan fingerprint density at radius 2 is 1.83 bits per heavy atom. The summed E-state index contributed by atoms with van der Waals surface area (Å²) in [7, 11) is 1.74. The van der Waals surface area contributed by atoms with E-state index in [1.807, 2.05) is 61.5 Å². The molecule has 0 radical (unpaired) electrons. The molecule has 6 heteroatoms. The number of benzene rings is 2. The number of nitrogens with two attached hydrogens (primary N) is 1. The maximum Gasteiger partial charge on any atom is 0.404 e. The predicted molar refractivity (Wildman–Crippen MR) is 90.7 cm³/mol. The fraction of sp³-hybridized carbons (Fsp3) is 0.278. The van der Waals surface area contributed by atoms with Crippen molar-refractivity contribution >= 4 is 6.09 Å². The van der Waals surface area contributed by atoms with Gasteiger partial charge in [0.1, 0.15) is 24.3 Å². The van der Waals surface area contributed by atoms with E-state index in [1.54, 1.807) is 11.9 Å². The van der Waals surface area contributed by atoms with Gasteiger partial charge in [-0.25, -0.2) is 4.79 Å². The number of hydrogen-bond acceptors (Lipinski definition) is 5. The highest BCUT2D eigenvalue weighted by Crippen LogP contribution is 2.27. The molecule has 0 fully saturated rings. The zero-order valence-electron chi connectivity index (χ0n) is 13.8. The first-order chi connectivity index (χ1) is 11.5. The summed E-state index contributed by atoms with van der Waals surface area (Å²) in [6.45, 7) is 1.76. The monoisotopic (exact) mass is 330 g/mol. The molecular weight excluding hydrogens is 308 g/mol. The second-order valence-corrected chi connectivity index (χ2v) is 5.44. The number of aliphatic hydroxyl groups is 1. The van der Waals surface area contributed by atoms with Crippen molar-refractivity contribution in [3.8, 4) is 11.5 Å². The molecule has 2 atom stereocenters. The summed E-state index contributed by atoms with van der Waals surface area (Å²) in [4.78, 5) is 12.3. The molecule has 0 saturated heterocycles. The second-order valence-electron chi connectivity index (χ2n) is 5.44. The molecule has 2 rings (SSSR count). The number of amides is 1. The number of para-hydroxylation sites is 1. The zero-order valence-corrected chi connectivity index (χ0v) is 13.8. The molecule has 24 heavy (non-hydrogen) atoms. The summed E-state index contributed by atoms with van der Waals surface area (Å²) in [6.07, 6.45) is -1.86. The number of likely N-dealkylation sites (N-methyl/N-ethyl adjacent to an activating group) is 1. The molecule has 0 heterocycles. The number of carbonyl (C=O) groups excluding carboxylic acids is 1. The van der Waals surface area contributed by atoms with E-state index < -0.39 is 12.3 Å². The maximum atomic E-state index is 10.6. The highest BCUT2D eigenvalue weighted by Gasteiger charge is 2.20. The van der Waals surface area contributed by atoms with E-state index in [4.69, 9.17) is 10.5 Å². The lowest BCUT2D eigenvalue weighted by atomic mass is 10.1. The number of ether oxygens (including phenoxy) is 2. The van der Waals surface area contributed by atoms with Gasteiger partial charge in [-0.05, 0) is 43.8 Å². The van der Waals surface area contributed by atoms with Gasteiger partial charge in [0.25, 0.3) is 0 Å². The minimum absolute atomic E-state index is 0.115. The van der Waals surface area contributed by atoms with Gasteiger partial charge in [0.05, 0.1) is 0 Å². The van der Waals surface area contributed by atoms with E-state index in [9.17, 15) is 9.90 Å². The highest BCUT2D eigenvalue weighted by atomic mass is 16.6. The molecule has 0 aliphatic heterocycles. The third-order valence-electron chi connectivity index (χ3n) is 3.78. The SMILES string of the molecule is CC(c1cccc(Oc2ccccc2)c1)N(C)C(O)COC(N)=O. The molecule has 0 aromatic heterocycles. The van der Waals surface area contributed by atoms with Gasteiger partial charge in [0.15, 0.2) is 0 Å². The lowest BCUT2D eigenvalue weighted by Gasteiger charge is -2.29. The highest BCUT2D eigenvalue weighted by molar-refractivity contribution is 5.64. The number of aliphatic hydroxyl groups excluding tert-OH is 1. The summed E-state index contributed by atoms with van der Waals surface area (Å²) >= 11 is 0.